The van der Waals surface area contributed by atoms with Crippen LogP contribution in [0.1, 0.15) is 23.6 Å². The number of sulfonamides is 1. The van der Waals surface area contributed by atoms with E-state index in [1.165, 1.54) is 6.20 Å². The van der Waals surface area contributed by atoms with Crippen molar-refractivity contribution in [2.24, 2.45) is 0 Å². The highest BCUT2D eigenvalue weighted by Gasteiger charge is 2.32. The largest absolute Gasteiger partial charge is 0.497 e. The van der Waals surface area contributed by atoms with Gasteiger partial charge >= 0.3 is 0 Å². The maximum atomic E-state index is 13.8. The molecule has 0 amide bonds. The van der Waals surface area contributed by atoms with Gasteiger partial charge in [-0.1, -0.05) is 31.2 Å². The number of anilines is 4. The van der Waals surface area contributed by atoms with Crippen molar-refractivity contribution in [2.75, 3.05) is 94.5 Å². The van der Waals surface area contributed by atoms with Crippen LogP contribution in [0.15, 0.2) is 84.3 Å². The third-order valence-corrected chi connectivity index (χ3v) is 12.7. The first-order valence-electron chi connectivity index (χ1n) is 19.3. The fraction of sp³-hybridized carbons (Fsp3) is 0.390. The van der Waals surface area contributed by atoms with Gasteiger partial charge < -0.3 is 33.8 Å². The van der Waals surface area contributed by atoms with Crippen LogP contribution in [-0.4, -0.2) is 122 Å². The topological polar surface area (TPSA) is 142 Å². The van der Waals surface area contributed by atoms with Crippen molar-refractivity contribution in [1.82, 2.24) is 34.1 Å². The van der Waals surface area contributed by atoms with Crippen LogP contribution in [0.4, 0.5) is 23.4 Å². The van der Waals surface area contributed by atoms with Crippen LogP contribution in [-0.2, 0) is 34.3 Å². The number of morpholine rings is 1. The van der Waals surface area contributed by atoms with Crippen LogP contribution in [0.2, 0.25) is 0 Å². The van der Waals surface area contributed by atoms with E-state index in [2.05, 4.69) is 26.6 Å². The molecule has 3 aliphatic heterocycles. The summed E-state index contributed by atoms with van der Waals surface area (Å²) in [5.74, 6) is 3.46. The molecule has 0 saturated carbocycles. The third-order valence-electron chi connectivity index (χ3n) is 10.8. The maximum Gasteiger partial charge on any atom is 0.244 e. The monoisotopic (exact) mass is 792 g/mol. The van der Waals surface area contributed by atoms with Gasteiger partial charge in [0.05, 0.1) is 45.0 Å². The second kappa shape index (κ2) is 17.0. The van der Waals surface area contributed by atoms with E-state index in [-0.39, 0.29) is 4.90 Å². The van der Waals surface area contributed by atoms with Crippen molar-refractivity contribution < 1.29 is 22.6 Å². The van der Waals surface area contributed by atoms with E-state index in [1.54, 1.807) is 30.8 Å². The number of benzene rings is 2. The minimum Gasteiger partial charge on any atom is -0.497 e. The molecular formula is C41H48N10O5S. The smallest absolute Gasteiger partial charge is 0.244 e. The molecule has 15 nitrogen and oxygen atoms in total. The number of ether oxygens (including phenoxy) is 3. The predicted molar refractivity (Wildman–Crippen MR) is 218 cm³/mol. The van der Waals surface area contributed by atoms with Crippen LogP contribution >= 0.6 is 0 Å². The SMILES string of the molecule is CCN1CCN(S(=O)(=O)c2cncc(N3CCc4c(-c5cnc(N(Cc6ccc(OC)cc6)Cc6ccc(OC)cc6)nc5)nc(N5CCOCC5)nc43)c2)CC1. The lowest BCUT2D eigenvalue weighted by molar-refractivity contribution is 0.122. The molecule has 0 aliphatic carbocycles. The minimum absolute atomic E-state index is 0.180. The Kier molecular flexibility index (Phi) is 11.5. The Morgan fingerprint density at radius 2 is 1.40 bits per heavy atom. The van der Waals surface area contributed by atoms with E-state index >= 15 is 0 Å². The first-order valence-corrected chi connectivity index (χ1v) is 20.8. The van der Waals surface area contributed by atoms with Crippen LogP contribution in [0.25, 0.3) is 11.3 Å². The number of fused-ring (bicyclic) bond motifs is 1. The van der Waals surface area contributed by atoms with E-state index in [1.807, 2.05) is 65.8 Å². The lowest BCUT2D eigenvalue weighted by atomic mass is 10.1. The molecule has 2 fully saturated rings. The van der Waals surface area contributed by atoms with Gasteiger partial charge in [-0.25, -0.2) is 23.4 Å². The summed E-state index contributed by atoms with van der Waals surface area (Å²) in [6.45, 7) is 9.51. The number of nitrogens with zero attached hydrogens (tertiary/aromatic N) is 10. The molecule has 8 rings (SSSR count). The number of aromatic nitrogens is 5. The Balaban J connectivity index is 1.12. The van der Waals surface area contributed by atoms with Gasteiger partial charge in [0.1, 0.15) is 22.2 Å². The normalized spacial score (nSPS) is 16.4. The highest BCUT2D eigenvalue weighted by Crippen LogP contribution is 2.40. The van der Waals surface area contributed by atoms with Crippen molar-refractivity contribution in [1.29, 1.82) is 0 Å². The van der Waals surface area contributed by atoms with E-state index < -0.39 is 10.0 Å². The quantitative estimate of drug-likeness (QED) is 0.166. The first kappa shape index (κ1) is 38.5. The summed E-state index contributed by atoms with van der Waals surface area (Å²) >= 11 is 0. The third kappa shape index (κ3) is 8.35. The van der Waals surface area contributed by atoms with E-state index in [0.29, 0.717) is 96.1 Å². The maximum absolute atomic E-state index is 13.8. The van der Waals surface area contributed by atoms with Crippen molar-refractivity contribution in [3.63, 3.8) is 0 Å². The molecule has 3 aliphatic rings. The predicted octanol–water partition coefficient (Wildman–Crippen LogP) is 4.41. The van der Waals surface area contributed by atoms with Crippen molar-refractivity contribution in [2.45, 2.75) is 31.3 Å². The zero-order valence-corrected chi connectivity index (χ0v) is 33.4. The summed E-state index contributed by atoms with van der Waals surface area (Å²) in [6, 6.07) is 17.7. The molecule has 0 N–H and O–H groups in total. The molecule has 0 atom stereocenters. The highest BCUT2D eigenvalue weighted by molar-refractivity contribution is 7.89. The van der Waals surface area contributed by atoms with E-state index in [0.717, 1.165) is 51.8 Å². The second-order valence-electron chi connectivity index (χ2n) is 14.2. The van der Waals surface area contributed by atoms with Crippen molar-refractivity contribution in [3.05, 3.63) is 96.1 Å². The number of piperazine rings is 1. The zero-order chi connectivity index (χ0) is 39.4. The van der Waals surface area contributed by atoms with Crippen LogP contribution < -0.4 is 24.2 Å². The molecule has 0 spiro atoms. The lowest BCUT2D eigenvalue weighted by Crippen LogP contribution is -2.48. The van der Waals surface area contributed by atoms with Crippen molar-refractivity contribution in [3.8, 4) is 22.8 Å². The van der Waals surface area contributed by atoms with Gasteiger partial charge in [0.25, 0.3) is 0 Å². The highest BCUT2D eigenvalue weighted by atomic mass is 32.2. The molecule has 5 aromatic rings. The Bertz CT molecular complexity index is 2200. The van der Waals surface area contributed by atoms with Gasteiger partial charge in [-0.05, 0) is 54.4 Å². The summed E-state index contributed by atoms with van der Waals surface area (Å²) < 4.78 is 45.6. The summed E-state index contributed by atoms with van der Waals surface area (Å²) in [5, 5.41) is 0. The number of pyridine rings is 1. The second-order valence-corrected chi connectivity index (χ2v) is 16.2. The number of methoxy groups -OCH3 is 2. The molecule has 16 heteroatoms. The summed E-state index contributed by atoms with van der Waals surface area (Å²) in [6.07, 6.45) is 7.46. The number of likely N-dealkylation sites (N-methyl/N-ethyl adjacent to an activating group) is 1. The fourth-order valence-electron chi connectivity index (χ4n) is 7.48. The fourth-order valence-corrected chi connectivity index (χ4v) is 8.88. The summed E-state index contributed by atoms with van der Waals surface area (Å²) in [4.78, 5) is 33.3. The first-order chi connectivity index (χ1) is 27.8. The van der Waals surface area contributed by atoms with Gasteiger partial charge in [-0.2, -0.15) is 9.29 Å². The Hall–Kier alpha value is -5.42. The molecule has 2 aromatic carbocycles. The standard InChI is InChI=1S/C41H48N10O5S/c1-4-47-15-17-50(18-16-47)57(52,53)36-23-33(26-42-27-36)51-14-13-37-38(45-41(46-39(37)51)48-19-21-56-22-20-48)32-24-43-40(44-25-32)49(28-30-5-9-34(54-2)10-6-30)29-31-7-11-35(55-3)12-8-31/h5-12,23-27H,4,13-22,28-29H2,1-3H3. The minimum atomic E-state index is -3.73. The van der Waals surface area contributed by atoms with Gasteiger partial charge in [0, 0.05) is 88.6 Å². The Labute approximate surface area is 333 Å². The van der Waals surface area contributed by atoms with Crippen LogP contribution in [0.3, 0.4) is 0 Å². The molecule has 2 saturated heterocycles. The molecule has 6 heterocycles. The van der Waals surface area contributed by atoms with Crippen LogP contribution in [0.5, 0.6) is 11.5 Å². The molecule has 0 unspecified atom stereocenters. The van der Waals surface area contributed by atoms with Crippen molar-refractivity contribution >= 4 is 33.4 Å². The number of hydrogen-bond donors (Lipinski definition) is 0. The average Bonchev–Trinajstić information content (AvgIpc) is 3.71. The Morgan fingerprint density at radius 3 is 2.00 bits per heavy atom. The number of rotatable bonds is 13. The summed E-state index contributed by atoms with van der Waals surface area (Å²) in [5.41, 5.74) is 5.30. The van der Waals surface area contributed by atoms with Gasteiger partial charge in [0.2, 0.25) is 21.9 Å². The zero-order valence-electron chi connectivity index (χ0n) is 32.6. The number of hydrogen-bond acceptors (Lipinski definition) is 14. The average molecular weight is 793 g/mol. The lowest BCUT2D eigenvalue weighted by Gasteiger charge is -2.33. The van der Waals surface area contributed by atoms with Gasteiger partial charge in [0.15, 0.2) is 0 Å². The summed E-state index contributed by atoms with van der Waals surface area (Å²) in [7, 11) is -0.406. The molecule has 57 heavy (non-hydrogen) atoms. The Morgan fingerprint density at radius 1 is 0.772 bits per heavy atom. The molecular weight excluding hydrogens is 745 g/mol. The molecule has 0 radical (unpaired) electrons. The van der Waals surface area contributed by atoms with Gasteiger partial charge in [-0.3, -0.25) is 4.98 Å². The van der Waals surface area contributed by atoms with E-state index in [4.69, 9.17) is 34.1 Å². The molecule has 0 bridgehead atoms. The van der Waals surface area contributed by atoms with Gasteiger partial charge in [-0.15, -0.1) is 0 Å². The van der Waals surface area contributed by atoms with Crippen LogP contribution in [0, 0.1) is 0 Å². The molecule has 3 aromatic heterocycles. The molecule has 298 valence electrons. The van der Waals surface area contributed by atoms with E-state index in [9.17, 15) is 8.42 Å².